The van der Waals surface area contributed by atoms with Gasteiger partial charge in [-0.3, -0.25) is 0 Å². The Labute approximate surface area is 120 Å². The maximum Gasteiger partial charge on any atom is 0.0626 e. The minimum atomic E-state index is -0.0464. The van der Waals surface area contributed by atoms with Gasteiger partial charge in [-0.05, 0) is 41.8 Å². The summed E-state index contributed by atoms with van der Waals surface area (Å²) in [6, 6.07) is 15.9. The van der Waals surface area contributed by atoms with Gasteiger partial charge in [0.1, 0.15) is 0 Å². The lowest BCUT2D eigenvalue weighted by atomic mass is 10.0. The Balaban J connectivity index is 2.11. The van der Waals surface area contributed by atoms with E-state index in [1.807, 2.05) is 36.4 Å². The summed E-state index contributed by atoms with van der Waals surface area (Å²) in [5.74, 6) is 0. The van der Waals surface area contributed by atoms with E-state index in [4.69, 9.17) is 23.2 Å². The van der Waals surface area contributed by atoms with Crippen LogP contribution in [0.1, 0.15) is 16.5 Å². The molecule has 0 nitrogen and oxygen atoms in total. The zero-order valence-electron chi connectivity index (χ0n) is 9.04. The van der Waals surface area contributed by atoms with E-state index in [2.05, 4.69) is 28.1 Å². The molecule has 2 aromatic carbocycles. The summed E-state index contributed by atoms with van der Waals surface area (Å²) < 4.78 is 1.08. The van der Waals surface area contributed by atoms with E-state index in [0.29, 0.717) is 0 Å². The minimum Gasteiger partial charge on any atom is -0.117 e. The lowest BCUT2D eigenvalue weighted by Crippen LogP contribution is -1.95. The molecule has 0 saturated carbocycles. The Bertz CT molecular complexity index is 494. The summed E-state index contributed by atoms with van der Waals surface area (Å²) in [6.07, 6.45) is 0.801. The average molecular weight is 330 g/mol. The molecule has 0 saturated heterocycles. The van der Waals surface area contributed by atoms with E-state index in [-0.39, 0.29) is 5.38 Å². The van der Waals surface area contributed by atoms with Gasteiger partial charge in [-0.2, -0.15) is 0 Å². The molecule has 0 amide bonds. The molecule has 3 heteroatoms. The standard InChI is InChI=1S/C14H11BrCl2/c15-12-6-4-10(5-7-12)8-14(17)11-2-1-3-13(16)9-11/h1-7,9,14H,8H2. The molecule has 1 unspecified atom stereocenters. The van der Waals surface area contributed by atoms with Crippen LogP contribution in [0.15, 0.2) is 53.0 Å². The zero-order chi connectivity index (χ0) is 12.3. The van der Waals surface area contributed by atoms with Crippen LogP contribution in [0.4, 0.5) is 0 Å². The summed E-state index contributed by atoms with van der Waals surface area (Å²) in [6.45, 7) is 0. The van der Waals surface area contributed by atoms with Gasteiger partial charge in [0, 0.05) is 9.50 Å². The third kappa shape index (κ3) is 3.74. The third-order valence-corrected chi connectivity index (χ3v) is 3.71. The third-order valence-electron chi connectivity index (χ3n) is 2.54. The quantitative estimate of drug-likeness (QED) is 0.640. The van der Waals surface area contributed by atoms with E-state index in [9.17, 15) is 0 Å². The summed E-state index contributed by atoms with van der Waals surface area (Å²) in [5.41, 5.74) is 2.27. The van der Waals surface area contributed by atoms with Gasteiger partial charge < -0.3 is 0 Å². The van der Waals surface area contributed by atoms with Gasteiger partial charge in [0.15, 0.2) is 0 Å². The minimum absolute atomic E-state index is 0.0464. The fourth-order valence-electron chi connectivity index (χ4n) is 1.65. The number of halogens is 3. The fourth-order valence-corrected chi connectivity index (χ4v) is 2.42. The smallest absolute Gasteiger partial charge is 0.0626 e. The van der Waals surface area contributed by atoms with Crippen molar-refractivity contribution >= 4 is 39.1 Å². The van der Waals surface area contributed by atoms with Gasteiger partial charge in [0.25, 0.3) is 0 Å². The molecule has 0 radical (unpaired) electrons. The molecular formula is C14H11BrCl2. The number of hydrogen-bond acceptors (Lipinski definition) is 0. The van der Waals surface area contributed by atoms with Crippen LogP contribution in [0, 0.1) is 0 Å². The molecular weight excluding hydrogens is 319 g/mol. The van der Waals surface area contributed by atoms with Crippen LogP contribution < -0.4 is 0 Å². The first-order chi connectivity index (χ1) is 8.15. The molecule has 17 heavy (non-hydrogen) atoms. The molecule has 0 heterocycles. The SMILES string of the molecule is Clc1cccc(C(Cl)Cc2ccc(Br)cc2)c1. The van der Waals surface area contributed by atoms with Crippen molar-refractivity contribution in [3.8, 4) is 0 Å². The van der Waals surface area contributed by atoms with E-state index < -0.39 is 0 Å². The van der Waals surface area contributed by atoms with Crippen molar-refractivity contribution < 1.29 is 0 Å². The van der Waals surface area contributed by atoms with Crippen LogP contribution in [-0.2, 0) is 6.42 Å². The summed E-state index contributed by atoms with van der Waals surface area (Å²) in [7, 11) is 0. The topological polar surface area (TPSA) is 0 Å². The first-order valence-electron chi connectivity index (χ1n) is 5.29. The normalized spacial score (nSPS) is 12.4. The van der Waals surface area contributed by atoms with E-state index in [1.54, 1.807) is 0 Å². The molecule has 2 rings (SSSR count). The molecule has 0 N–H and O–H groups in total. The largest absolute Gasteiger partial charge is 0.117 e. The monoisotopic (exact) mass is 328 g/mol. The first kappa shape index (κ1) is 12.9. The van der Waals surface area contributed by atoms with Crippen molar-refractivity contribution in [1.82, 2.24) is 0 Å². The van der Waals surface area contributed by atoms with Crippen LogP contribution in [-0.4, -0.2) is 0 Å². The van der Waals surface area contributed by atoms with Crippen molar-refractivity contribution in [3.05, 3.63) is 69.2 Å². The van der Waals surface area contributed by atoms with Crippen LogP contribution in [0.3, 0.4) is 0 Å². The maximum atomic E-state index is 6.38. The van der Waals surface area contributed by atoms with E-state index in [1.165, 1.54) is 5.56 Å². The Morgan fingerprint density at radius 2 is 1.76 bits per heavy atom. The average Bonchev–Trinajstić information content (AvgIpc) is 2.32. The second kappa shape index (κ2) is 5.90. The van der Waals surface area contributed by atoms with Crippen molar-refractivity contribution in [3.63, 3.8) is 0 Å². The number of benzene rings is 2. The van der Waals surface area contributed by atoms with Gasteiger partial charge in [-0.15, -0.1) is 11.6 Å². The van der Waals surface area contributed by atoms with E-state index in [0.717, 1.165) is 21.5 Å². The molecule has 88 valence electrons. The molecule has 0 aliphatic heterocycles. The Kier molecular flexibility index (Phi) is 4.49. The summed E-state index contributed by atoms with van der Waals surface area (Å²) >= 11 is 15.7. The van der Waals surface area contributed by atoms with Crippen molar-refractivity contribution in [2.24, 2.45) is 0 Å². The fraction of sp³-hybridized carbons (Fsp3) is 0.143. The predicted octanol–water partition coefficient (Wildman–Crippen LogP) is 5.63. The van der Waals surface area contributed by atoms with Gasteiger partial charge in [0.2, 0.25) is 0 Å². The Morgan fingerprint density at radius 3 is 2.41 bits per heavy atom. The molecule has 0 aliphatic rings. The van der Waals surface area contributed by atoms with E-state index >= 15 is 0 Å². The molecule has 0 fully saturated rings. The molecule has 0 spiro atoms. The Hall–Kier alpha value is -0.500. The van der Waals surface area contributed by atoms with Crippen LogP contribution in [0.5, 0.6) is 0 Å². The molecule has 0 aromatic heterocycles. The van der Waals surface area contributed by atoms with Gasteiger partial charge in [-0.25, -0.2) is 0 Å². The maximum absolute atomic E-state index is 6.38. The van der Waals surface area contributed by atoms with Crippen LogP contribution in [0.25, 0.3) is 0 Å². The Morgan fingerprint density at radius 1 is 1.06 bits per heavy atom. The highest BCUT2D eigenvalue weighted by molar-refractivity contribution is 9.10. The van der Waals surface area contributed by atoms with Gasteiger partial charge in [-0.1, -0.05) is 51.8 Å². The molecule has 2 aromatic rings. The number of rotatable bonds is 3. The summed E-state index contributed by atoms with van der Waals surface area (Å²) in [4.78, 5) is 0. The van der Waals surface area contributed by atoms with Gasteiger partial charge >= 0.3 is 0 Å². The van der Waals surface area contributed by atoms with Gasteiger partial charge in [0.05, 0.1) is 5.38 Å². The highest BCUT2D eigenvalue weighted by Gasteiger charge is 2.09. The highest BCUT2D eigenvalue weighted by Crippen LogP contribution is 2.27. The first-order valence-corrected chi connectivity index (χ1v) is 6.90. The van der Waals surface area contributed by atoms with Crippen LogP contribution in [0.2, 0.25) is 5.02 Å². The second-order valence-corrected chi connectivity index (χ2v) is 5.73. The number of hydrogen-bond donors (Lipinski definition) is 0. The second-order valence-electron chi connectivity index (χ2n) is 3.85. The van der Waals surface area contributed by atoms with Crippen molar-refractivity contribution in [2.75, 3.05) is 0 Å². The lowest BCUT2D eigenvalue weighted by molar-refractivity contribution is 0.919. The summed E-state index contributed by atoms with van der Waals surface area (Å²) in [5, 5.41) is 0.679. The molecule has 1 atom stereocenters. The predicted molar refractivity (Wildman–Crippen MR) is 77.9 cm³/mol. The van der Waals surface area contributed by atoms with Crippen molar-refractivity contribution in [1.29, 1.82) is 0 Å². The molecule has 0 bridgehead atoms. The van der Waals surface area contributed by atoms with Crippen molar-refractivity contribution in [2.45, 2.75) is 11.8 Å². The molecule has 0 aliphatic carbocycles. The lowest BCUT2D eigenvalue weighted by Gasteiger charge is -2.10. The highest BCUT2D eigenvalue weighted by atomic mass is 79.9. The van der Waals surface area contributed by atoms with Crippen LogP contribution >= 0.6 is 39.1 Å². The zero-order valence-corrected chi connectivity index (χ0v) is 12.1. The number of alkyl halides is 1.